The molecule has 24 heavy (non-hydrogen) atoms. The van der Waals surface area contributed by atoms with Crippen LogP contribution in [0.4, 0.5) is 0 Å². The summed E-state index contributed by atoms with van der Waals surface area (Å²) in [5.74, 6) is 2.31. The smallest absolute Gasteiger partial charge is 0.268 e. The van der Waals surface area contributed by atoms with Crippen LogP contribution in [0.2, 0.25) is 0 Å². The summed E-state index contributed by atoms with van der Waals surface area (Å²) in [6.07, 6.45) is 2.06. The molecule has 1 atom stereocenters. The number of hydrogen-bond donors (Lipinski definition) is 1. The normalized spacial score (nSPS) is 18.9. The van der Waals surface area contributed by atoms with Crippen molar-refractivity contribution in [2.45, 2.75) is 45.2 Å². The van der Waals surface area contributed by atoms with Crippen LogP contribution in [0.3, 0.4) is 0 Å². The van der Waals surface area contributed by atoms with Crippen LogP contribution in [0, 0.1) is 0 Å². The minimum Gasteiger partial charge on any atom is -0.339 e. The van der Waals surface area contributed by atoms with Gasteiger partial charge in [0.2, 0.25) is 5.89 Å². The summed E-state index contributed by atoms with van der Waals surface area (Å²) in [5, 5.41) is 6.04. The summed E-state index contributed by atoms with van der Waals surface area (Å²) < 4.78 is 6.02. The van der Waals surface area contributed by atoms with Gasteiger partial charge in [-0.25, -0.2) is 4.98 Å². The Morgan fingerprint density at radius 3 is 3.12 bits per heavy atom. The molecule has 8 heteroatoms. The Labute approximate surface area is 142 Å². The molecule has 1 fully saturated rings. The van der Waals surface area contributed by atoms with E-state index in [1.807, 2.05) is 25.3 Å². The number of thiophene rings is 1. The lowest BCUT2D eigenvalue weighted by atomic mass is 10.2. The van der Waals surface area contributed by atoms with Gasteiger partial charge in [0.25, 0.3) is 5.56 Å². The predicted molar refractivity (Wildman–Crippen MR) is 91.0 cm³/mol. The number of fused-ring (bicyclic) bond motifs is 1. The van der Waals surface area contributed by atoms with Gasteiger partial charge >= 0.3 is 0 Å². The molecule has 3 aromatic rings. The molecule has 0 spiro atoms. The lowest BCUT2D eigenvalue weighted by Crippen LogP contribution is -2.26. The minimum absolute atomic E-state index is 0.0672. The number of H-pyrrole nitrogens is 1. The highest BCUT2D eigenvalue weighted by molar-refractivity contribution is 7.17. The predicted octanol–water partition coefficient (Wildman–Crippen LogP) is 2.83. The molecule has 4 heterocycles. The molecule has 7 nitrogen and oxygen atoms in total. The molecule has 0 aromatic carbocycles. The molecule has 1 aliphatic rings. The van der Waals surface area contributed by atoms with E-state index < -0.39 is 0 Å². The molecule has 4 rings (SSSR count). The number of hydrogen-bond acceptors (Lipinski definition) is 7. The van der Waals surface area contributed by atoms with Crippen LogP contribution in [0.25, 0.3) is 10.2 Å². The van der Waals surface area contributed by atoms with Crippen molar-refractivity contribution < 1.29 is 4.52 Å². The van der Waals surface area contributed by atoms with E-state index in [-0.39, 0.29) is 17.5 Å². The number of aromatic nitrogens is 4. The number of nitrogens with one attached hydrogen (secondary N) is 1. The van der Waals surface area contributed by atoms with Gasteiger partial charge < -0.3 is 9.51 Å². The lowest BCUT2D eigenvalue weighted by molar-refractivity contribution is 0.228. The first-order valence-corrected chi connectivity index (χ1v) is 9.03. The Kier molecular flexibility index (Phi) is 3.93. The first-order valence-electron chi connectivity index (χ1n) is 8.16. The zero-order valence-electron chi connectivity index (χ0n) is 13.7. The molecule has 0 amide bonds. The maximum atomic E-state index is 12.1. The molecular formula is C16H19N5O2S. The fourth-order valence-corrected chi connectivity index (χ4v) is 3.84. The topological polar surface area (TPSA) is 87.9 Å². The molecule has 1 N–H and O–H groups in total. The van der Waals surface area contributed by atoms with Crippen LogP contribution in [-0.4, -0.2) is 31.6 Å². The van der Waals surface area contributed by atoms with Gasteiger partial charge in [-0.3, -0.25) is 9.69 Å². The van der Waals surface area contributed by atoms with E-state index in [4.69, 9.17) is 4.52 Å². The van der Waals surface area contributed by atoms with Crippen molar-refractivity contribution in [1.29, 1.82) is 0 Å². The van der Waals surface area contributed by atoms with Gasteiger partial charge in [-0.2, -0.15) is 4.98 Å². The van der Waals surface area contributed by atoms with Gasteiger partial charge in [-0.15, -0.1) is 11.3 Å². The maximum Gasteiger partial charge on any atom is 0.268 e. The second kappa shape index (κ2) is 6.10. The van der Waals surface area contributed by atoms with E-state index >= 15 is 0 Å². The Balaban J connectivity index is 1.58. The van der Waals surface area contributed by atoms with Crippen molar-refractivity contribution in [2.75, 3.05) is 6.54 Å². The van der Waals surface area contributed by atoms with Crippen LogP contribution in [0.1, 0.15) is 56.2 Å². The SMILES string of the molecule is CC(C)c1nc([C@@H]2CCCN2Cc2nc3ccsc3c(=O)[nH]2)no1. The first-order chi connectivity index (χ1) is 11.6. The van der Waals surface area contributed by atoms with E-state index in [2.05, 4.69) is 25.0 Å². The van der Waals surface area contributed by atoms with Crippen molar-refractivity contribution in [1.82, 2.24) is 25.0 Å². The number of rotatable bonds is 4. The quantitative estimate of drug-likeness (QED) is 0.782. The third-order valence-corrected chi connectivity index (χ3v) is 5.23. The monoisotopic (exact) mass is 345 g/mol. The Bertz CT molecular complexity index is 912. The van der Waals surface area contributed by atoms with Crippen LogP contribution in [0.5, 0.6) is 0 Å². The van der Waals surface area contributed by atoms with Gasteiger partial charge in [0.05, 0.1) is 18.1 Å². The lowest BCUT2D eigenvalue weighted by Gasteiger charge is -2.20. The first kappa shape index (κ1) is 15.5. The Morgan fingerprint density at radius 2 is 2.33 bits per heavy atom. The third-order valence-electron chi connectivity index (χ3n) is 4.33. The summed E-state index contributed by atoms with van der Waals surface area (Å²) in [4.78, 5) is 26.4. The summed E-state index contributed by atoms with van der Waals surface area (Å²) in [5.41, 5.74) is 0.693. The summed E-state index contributed by atoms with van der Waals surface area (Å²) in [7, 11) is 0. The molecule has 0 bridgehead atoms. The van der Waals surface area contributed by atoms with Crippen molar-refractivity contribution in [3.63, 3.8) is 0 Å². The van der Waals surface area contributed by atoms with Crippen LogP contribution < -0.4 is 5.56 Å². The summed E-state index contributed by atoms with van der Waals surface area (Å²) >= 11 is 1.42. The van der Waals surface area contributed by atoms with Gasteiger partial charge in [0, 0.05) is 5.92 Å². The van der Waals surface area contributed by atoms with Gasteiger partial charge in [-0.1, -0.05) is 19.0 Å². The van der Waals surface area contributed by atoms with Crippen molar-refractivity contribution >= 4 is 21.6 Å². The van der Waals surface area contributed by atoms with E-state index in [0.29, 0.717) is 23.0 Å². The zero-order valence-corrected chi connectivity index (χ0v) is 14.5. The largest absolute Gasteiger partial charge is 0.339 e. The number of likely N-dealkylation sites (tertiary alicyclic amines) is 1. The molecule has 1 aliphatic heterocycles. The fraction of sp³-hybridized carbons (Fsp3) is 0.500. The fourth-order valence-electron chi connectivity index (χ4n) is 3.11. The molecule has 0 saturated carbocycles. The highest BCUT2D eigenvalue weighted by Crippen LogP contribution is 2.31. The van der Waals surface area contributed by atoms with Gasteiger partial charge in [0.15, 0.2) is 5.82 Å². The number of aromatic amines is 1. The standard InChI is InChI=1S/C16H19N5O2S/c1-9(2)16-19-14(20-23-16)11-4-3-6-21(11)8-12-17-10-5-7-24-13(10)15(22)18-12/h5,7,9,11H,3-4,6,8H2,1-2H3,(H,17,18,22)/t11-/m0/s1. The van der Waals surface area contributed by atoms with E-state index in [1.165, 1.54) is 11.3 Å². The van der Waals surface area contributed by atoms with Gasteiger partial charge in [0.1, 0.15) is 10.5 Å². The van der Waals surface area contributed by atoms with E-state index in [1.54, 1.807) is 0 Å². The van der Waals surface area contributed by atoms with Gasteiger partial charge in [-0.05, 0) is 30.8 Å². The second-order valence-corrected chi connectivity index (χ2v) is 7.34. The highest BCUT2D eigenvalue weighted by atomic mass is 32.1. The molecule has 3 aromatic heterocycles. The minimum atomic E-state index is -0.0672. The average molecular weight is 345 g/mol. The highest BCUT2D eigenvalue weighted by Gasteiger charge is 2.31. The molecular weight excluding hydrogens is 326 g/mol. The molecule has 0 radical (unpaired) electrons. The van der Waals surface area contributed by atoms with Crippen molar-refractivity contribution in [2.24, 2.45) is 0 Å². The Hall–Kier alpha value is -2.06. The molecule has 0 unspecified atom stereocenters. The Morgan fingerprint density at radius 1 is 1.46 bits per heavy atom. The third kappa shape index (κ3) is 2.76. The van der Waals surface area contributed by atoms with Crippen molar-refractivity contribution in [3.05, 3.63) is 39.3 Å². The van der Waals surface area contributed by atoms with E-state index in [9.17, 15) is 4.79 Å². The average Bonchev–Trinajstić information content (AvgIpc) is 3.26. The molecule has 126 valence electrons. The van der Waals surface area contributed by atoms with Crippen LogP contribution in [-0.2, 0) is 6.54 Å². The number of nitrogens with zero attached hydrogens (tertiary/aromatic N) is 4. The van der Waals surface area contributed by atoms with Crippen LogP contribution in [0.15, 0.2) is 20.8 Å². The molecule has 0 aliphatic carbocycles. The zero-order chi connectivity index (χ0) is 16.7. The van der Waals surface area contributed by atoms with E-state index in [0.717, 1.165) is 30.7 Å². The van der Waals surface area contributed by atoms with Crippen LogP contribution >= 0.6 is 11.3 Å². The maximum absolute atomic E-state index is 12.1. The summed E-state index contributed by atoms with van der Waals surface area (Å²) in [6.45, 7) is 5.59. The molecule has 1 saturated heterocycles. The summed E-state index contributed by atoms with van der Waals surface area (Å²) in [6, 6.07) is 2.00. The van der Waals surface area contributed by atoms with Crippen molar-refractivity contribution in [3.8, 4) is 0 Å². The second-order valence-electron chi connectivity index (χ2n) is 6.42.